The van der Waals surface area contributed by atoms with Gasteiger partial charge in [-0.3, -0.25) is 14.2 Å². The van der Waals surface area contributed by atoms with Crippen LogP contribution in [-0.4, -0.2) is 34.8 Å². The summed E-state index contributed by atoms with van der Waals surface area (Å²) in [4.78, 5) is 25.3. The van der Waals surface area contributed by atoms with Crippen LogP contribution >= 0.6 is 0 Å². The number of pyridine rings is 1. The van der Waals surface area contributed by atoms with Crippen molar-refractivity contribution in [1.82, 2.24) is 4.57 Å². The van der Waals surface area contributed by atoms with E-state index in [-0.39, 0.29) is 35.9 Å². The van der Waals surface area contributed by atoms with Gasteiger partial charge in [-0.15, -0.1) is 0 Å². The predicted molar refractivity (Wildman–Crippen MR) is 109 cm³/mol. The van der Waals surface area contributed by atoms with Crippen molar-refractivity contribution < 1.29 is 19.4 Å². The molecular weight excluding hydrogens is 372 g/mol. The zero-order valence-corrected chi connectivity index (χ0v) is 17.2. The molecule has 0 saturated carbocycles. The summed E-state index contributed by atoms with van der Waals surface area (Å²) in [5, 5.41) is 20.0. The second kappa shape index (κ2) is 9.89. The van der Waals surface area contributed by atoms with Gasteiger partial charge in [0.1, 0.15) is 17.4 Å². The molecule has 7 nitrogen and oxygen atoms in total. The number of hydrogen-bond acceptors (Lipinski definition) is 6. The minimum atomic E-state index is -0.622. The second-order valence-corrected chi connectivity index (χ2v) is 7.07. The van der Waals surface area contributed by atoms with Crippen LogP contribution in [0.15, 0.2) is 29.1 Å². The lowest BCUT2D eigenvalue weighted by molar-refractivity contribution is 0.0743. The van der Waals surface area contributed by atoms with Crippen LogP contribution in [-0.2, 0) is 11.3 Å². The van der Waals surface area contributed by atoms with Crippen molar-refractivity contribution in [2.75, 3.05) is 13.2 Å². The second-order valence-electron chi connectivity index (χ2n) is 7.07. The number of carbonyl (C=O) groups is 1. The zero-order chi connectivity index (χ0) is 21.6. The van der Waals surface area contributed by atoms with Crippen molar-refractivity contribution in [3.63, 3.8) is 0 Å². The van der Waals surface area contributed by atoms with Crippen molar-refractivity contribution in [3.05, 3.63) is 56.9 Å². The first-order valence-corrected chi connectivity index (χ1v) is 9.47. The number of carbonyl (C=O) groups excluding carboxylic acids is 1. The van der Waals surface area contributed by atoms with Gasteiger partial charge in [0.2, 0.25) is 11.7 Å². The van der Waals surface area contributed by atoms with E-state index in [0.717, 1.165) is 10.1 Å². The summed E-state index contributed by atoms with van der Waals surface area (Å²) in [6, 6.07) is 9.04. The molecule has 0 aliphatic rings. The zero-order valence-electron chi connectivity index (χ0n) is 17.2. The van der Waals surface area contributed by atoms with Crippen LogP contribution < -0.4 is 10.3 Å². The molecule has 0 aliphatic heterocycles. The summed E-state index contributed by atoms with van der Waals surface area (Å²) in [6.07, 6.45) is 0.497. The average Bonchev–Trinajstić information content (AvgIpc) is 2.67. The Morgan fingerprint density at radius 2 is 1.90 bits per heavy atom. The highest BCUT2D eigenvalue weighted by atomic mass is 16.5. The standard InChI is InChI=1S/C22H26N2O5/c1-14(2)28-11-5-10-24-21(26)18(12-23)16(4)20(22(24)27)19(25)13-29-17-8-6-15(3)7-9-17/h6-9,14,27H,5,10-11,13H2,1-4H3. The summed E-state index contributed by atoms with van der Waals surface area (Å²) in [5.41, 5.74) is 0.360. The number of nitrogens with zero attached hydrogens (tertiary/aromatic N) is 2. The molecule has 0 atom stereocenters. The molecule has 0 radical (unpaired) electrons. The fraction of sp³-hybridized carbons (Fsp3) is 0.409. The Hall–Kier alpha value is -3.11. The molecule has 2 aromatic rings. The molecule has 0 bridgehead atoms. The van der Waals surface area contributed by atoms with Gasteiger partial charge in [0.05, 0.1) is 11.7 Å². The Balaban J connectivity index is 2.28. The van der Waals surface area contributed by atoms with E-state index >= 15 is 0 Å². The predicted octanol–water partition coefficient (Wildman–Crippen LogP) is 3.12. The third kappa shape index (κ3) is 5.46. The number of Topliss-reactive ketones (excluding diaryl/α,β-unsaturated/α-hetero) is 1. The van der Waals surface area contributed by atoms with Gasteiger partial charge in [-0.05, 0) is 51.8 Å². The maximum atomic E-state index is 12.7. The molecule has 0 fully saturated rings. The Morgan fingerprint density at radius 3 is 2.48 bits per heavy atom. The normalized spacial score (nSPS) is 10.8. The summed E-state index contributed by atoms with van der Waals surface area (Å²) >= 11 is 0. The number of aryl methyl sites for hydroxylation is 1. The number of rotatable bonds is 9. The van der Waals surface area contributed by atoms with Crippen molar-refractivity contribution >= 4 is 5.78 Å². The Morgan fingerprint density at radius 1 is 1.24 bits per heavy atom. The van der Waals surface area contributed by atoms with Crippen LogP contribution in [0.5, 0.6) is 11.6 Å². The Kier molecular flexibility index (Phi) is 7.57. The molecule has 0 aliphatic carbocycles. The number of ketones is 1. The van der Waals surface area contributed by atoms with Crippen molar-refractivity contribution in [1.29, 1.82) is 5.26 Å². The molecule has 1 N–H and O–H groups in total. The quantitative estimate of drug-likeness (QED) is 0.514. The third-order valence-electron chi connectivity index (χ3n) is 4.45. The van der Waals surface area contributed by atoms with E-state index in [0.29, 0.717) is 18.8 Å². The van der Waals surface area contributed by atoms with E-state index in [9.17, 15) is 20.0 Å². The highest BCUT2D eigenvalue weighted by Gasteiger charge is 2.24. The molecule has 0 saturated heterocycles. The van der Waals surface area contributed by atoms with Gasteiger partial charge in [-0.25, -0.2) is 0 Å². The Bertz CT molecular complexity index is 969. The van der Waals surface area contributed by atoms with Crippen LogP contribution in [0.4, 0.5) is 0 Å². The first-order valence-electron chi connectivity index (χ1n) is 9.47. The molecule has 154 valence electrons. The van der Waals surface area contributed by atoms with Crippen LogP contribution in [0.3, 0.4) is 0 Å². The van der Waals surface area contributed by atoms with Gasteiger partial charge < -0.3 is 14.6 Å². The SMILES string of the molecule is Cc1ccc(OCC(=O)c2c(C)c(C#N)c(=O)n(CCCOC(C)C)c2O)cc1. The minimum Gasteiger partial charge on any atom is -0.494 e. The Labute approximate surface area is 170 Å². The average molecular weight is 398 g/mol. The van der Waals surface area contributed by atoms with Crippen molar-refractivity contribution in [2.45, 2.75) is 46.8 Å². The van der Waals surface area contributed by atoms with E-state index in [4.69, 9.17) is 9.47 Å². The maximum Gasteiger partial charge on any atom is 0.271 e. The third-order valence-corrected chi connectivity index (χ3v) is 4.45. The van der Waals surface area contributed by atoms with E-state index in [1.807, 2.05) is 39.0 Å². The molecule has 1 aromatic heterocycles. The molecule has 7 heteroatoms. The molecule has 1 heterocycles. The van der Waals surface area contributed by atoms with Gasteiger partial charge in [-0.1, -0.05) is 17.7 Å². The lowest BCUT2D eigenvalue weighted by Gasteiger charge is -2.16. The van der Waals surface area contributed by atoms with Crippen LogP contribution in [0.2, 0.25) is 0 Å². The fourth-order valence-electron chi connectivity index (χ4n) is 2.89. The van der Waals surface area contributed by atoms with E-state index in [1.54, 1.807) is 12.1 Å². The van der Waals surface area contributed by atoms with Crippen LogP contribution in [0.1, 0.15) is 47.3 Å². The summed E-state index contributed by atoms with van der Waals surface area (Å²) in [7, 11) is 0. The fourth-order valence-corrected chi connectivity index (χ4v) is 2.89. The number of hydrogen-bond donors (Lipinski definition) is 1. The van der Waals surface area contributed by atoms with E-state index < -0.39 is 17.2 Å². The lowest BCUT2D eigenvalue weighted by Crippen LogP contribution is -2.28. The molecule has 29 heavy (non-hydrogen) atoms. The largest absolute Gasteiger partial charge is 0.494 e. The molecule has 1 aromatic carbocycles. The van der Waals surface area contributed by atoms with Crippen LogP contribution in [0, 0.1) is 25.2 Å². The molecule has 0 unspecified atom stereocenters. The number of benzene rings is 1. The lowest BCUT2D eigenvalue weighted by atomic mass is 10.0. The van der Waals surface area contributed by atoms with Gasteiger partial charge in [0, 0.05) is 13.2 Å². The first-order chi connectivity index (χ1) is 13.8. The summed E-state index contributed by atoms with van der Waals surface area (Å²) in [5.74, 6) is -0.446. The maximum absolute atomic E-state index is 12.7. The highest BCUT2D eigenvalue weighted by molar-refractivity contribution is 6.01. The first kappa shape index (κ1) is 22.2. The topological polar surface area (TPSA) is 102 Å². The molecule has 0 spiro atoms. The van der Waals surface area contributed by atoms with Gasteiger partial charge in [-0.2, -0.15) is 5.26 Å². The van der Waals surface area contributed by atoms with Gasteiger partial charge in [0.15, 0.2) is 6.61 Å². The number of nitriles is 1. The molecule has 0 amide bonds. The minimum absolute atomic E-state index is 0.0454. The van der Waals surface area contributed by atoms with Gasteiger partial charge in [0.25, 0.3) is 5.56 Å². The smallest absolute Gasteiger partial charge is 0.271 e. The number of aromatic hydroxyl groups is 1. The van der Waals surface area contributed by atoms with E-state index in [1.165, 1.54) is 6.92 Å². The monoisotopic (exact) mass is 398 g/mol. The van der Waals surface area contributed by atoms with Crippen molar-refractivity contribution in [2.24, 2.45) is 0 Å². The molecular formula is C22H26N2O5. The summed E-state index contributed by atoms with van der Waals surface area (Å²) in [6.45, 7) is 7.41. The van der Waals surface area contributed by atoms with E-state index in [2.05, 4.69) is 0 Å². The molecule has 2 rings (SSSR count). The highest BCUT2D eigenvalue weighted by Crippen LogP contribution is 2.23. The van der Waals surface area contributed by atoms with Gasteiger partial charge >= 0.3 is 0 Å². The summed E-state index contributed by atoms with van der Waals surface area (Å²) < 4.78 is 12.0. The number of aromatic nitrogens is 1. The van der Waals surface area contributed by atoms with Crippen LogP contribution in [0.25, 0.3) is 0 Å². The number of ether oxygens (including phenoxy) is 2. The van der Waals surface area contributed by atoms with Crippen molar-refractivity contribution in [3.8, 4) is 17.7 Å².